The van der Waals surface area contributed by atoms with E-state index in [0.717, 1.165) is 42.8 Å². The zero-order chi connectivity index (χ0) is 17.2. The van der Waals surface area contributed by atoms with Gasteiger partial charge in [0, 0.05) is 30.9 Å². The van der Waals surface area contributed by atoms with Crippen LogP contribution in [0.25, 0.3) is 0 Å². The first kappa shape index (κ1) is 17.2. The molecule has 24 heavy (non-hydrogen) atoms. The van der Waals surface area contributed by atoms with Crippen LogP contribution in [0, 0.1) is 13.8 Å². The first-order valence-corrected chi connectivity index (χ1v) is 10.1. The lowest BCUT2D eigenvalue weighted by molar-refractivity contribution is 0.217. The van der Waals surface area contributed by atoms with E-state index in [4.69, 9.17) is 0 Å². The Kier molecular flexibility index (Phi) is 5.06. The van der Waals surface area contributed by atoms with E-state index in [-0.39, 0.29) is 5.75 Å². The predicted octanol–water partition coefficient (Wildman–Crippen LogP) is 2.68. The maximum Gasteiger partial charge on any atom is 0.179 e. The molecule has 3 rings (SSSR count). The van der Waals surface area contributed by atoms with E-state index < -0.39 is 9.84 Å². The summed E-state index contributed by atoms with van der Waals surface area (Å²) in [5.41, 5.74) is 2.96. The standard InChI is InChI=1S/C18H25N3O2S/c1-14-5-6-15(2)18(12-14)24(22,23)11-10-21-9-3-4-16(13-21)17-7-8-19-20-17/h5-8,12,16H,3-4,9-11,13H2,1-2H3,(H,19,20). The number of aryl methyl sites for hydroxylation is 2. The van der Waals surface area contributed by atoms with Crippen LogP contribution in [0.4, 0.5) is 0 Å². The van der Waals surface area contributed by atoms with Crippen LogP contribution in [0.5, 0.6) is 0 Å². The molecule has 2 heterocycles. The Balaban J connectivity index is 1.65. The molecule has 1 aromatic carbocycles. The summed E-state index contributed by atoms with van der Waals surface area (Å²) in [5.74, 6) is 0.595. The van der Waals surface area contributed by atoms with Crippen LogP contribution in [0.1, 0.15) is 35.6 Å². The number of sulfone groups is 1. The highest BCUT2D eigenvalue weighted by atomic mass is 32.2. The Labute approximate surface area is 144 Å². The molecule has 5 nitrogen and oxygen atoms in total. The molecule has 1 unspecified atom stereocenters. The molecule has 0 aliphatic carbocycles. The molecule has 0 amide bonds. The van der Waals surface area contributed by atoms with Gasteiger partial charge in [-0.1, -0.05) is 12.1 Å². The van der Waals surface area contributed by atoms with Gasteiger partial charge < -0.3 is 4.90 Å². The smallest absolute Gasteiger partial charge is 0.179 e. The van der Waals surface area contributed by atoms with Crippen molar-refractivity contribution in [3.8, 4) is 0 Å². The molecule has 1 fully saturated rings. The summed E-state index contributed by atoms with van der Waals surface area (Å²) in [6, 6.07) is 7.64. The van der Waals surface area contributed by atoms with Gasteiger partial charge in [0.25, 0.3) is 0 Å². The van der Waals surface area contributed by atoms with E-state index >= 15 is 0 Å². The number of hydrogen-bond donors (Lipinski definition) is 1. The molecule has 2 aromatic rings. The second kappa shape index (κ2) is 7.07. The number of benzene rings is 1. The monoisotopic (exact) mass is 347 g/mol. The van der Waals surface area contributed by atoms with E-state index in [1.807, 2.05) is 32.0 Å². The second-order valence-corrected chi connectivity index (χ2v) is 8.82. The molecule has 0 radical (unpaired) electrons. The number of piperidine rings is 1. The first-order chi connectivity index (χ1) is 11.5. The minimum absolute atomic E-state index is 0.174. The van der Waals surface area contributed by atoms with Crippen LogP contribution in [0.15, 0.2) is 35.4 Å². The Morgan fingerprint density at radius 2 is 2.12 bits per heavy atom. The van der Waals surface area contributed by atoms with Crippen LogP contribution < -0.4 is 0 Å². The fraction of sp³-hybridized carbons (Fsp3) is 0.500. The lowest BCUT2D eigenvalue weighted by atomic mass is 9.95. The molecular weight excluding hydrogens is 322 g/mol. The van der Waals surface area contributed by atoms with Crippen molar-refractivity contribution >= 4 is 9.84 Å². The molecule has 1 atom stereocenters. The number of likely N-dealkylation sites (tertiary alicyclic amines) is 1. The number of rotatable bonds is 5. The first-order valence-electron chi connectivity index (χ1n) is 8.47. The largest absolute Gasteiger partial charge is 0.302 e. The third-order valence-corrected chi connectivity index (χ3v) is 6.65. The van der Waals surface area contributed by atoms with Gasteiger partial charge in [-0.2, -0.15) is 5.10 Å². The molecule has 0 spiro atoms. The quantitative estimate of drug-likeness (QED) is 0.903. The number of nitrogens with zero attached hydrogens (tertiary/aromatic N) is 2. The van der Waals surface area contributed by atoms with Gasteiger partial charge in [-0.3, -0.25) is 5.10 Å². The van der Waals surface area contributed by atoms with Gasteiger partial charge in [0.15, 0.2) is 9.84 Å². The van der Waals surface area contributed by atoms with Crippen LogP contribution >= 0.6 is 0 Å². The number of aromatic amines is 1. The van der Waals surface area contributed by atoms with Crippen LogP contribution in [-0.2, 0) is 9.84 Å². The van der Waals surface area contributed by atoms with Gasteiger partial charge in [-0.25, -0.2) is 8.42 Å². The Morgan fingerprint density at radius 1 is 1.29 bits per heavy atom. The third kappa shape index (κ3) is 3.87. The van der Waals surface area contributed by atoms with Crippen molar-refractivity contribution in [2.24, 2.45) is 0 Å². The van der Waals surface area contributed by atoms with E-state index in [2.05, 4.69) is 15.1 Å². The van der Waals surface area contributed by atoms with Crippen molar-refractivity contribution in [1.29, 1.82) is 0 Å². The number of aromatic nitrogens is 2. The van der Waals surface area contributed by atoms with Gasteiger partial charge in [-0.15, -0.1) is 0 Å². The molecule has 0 bridgehead atoms. The fourth-order valence-corrected chi connectivity index (χ4v) is 5.05. The summed E-state index contributed by atoms with van der Waals surface area (Å²) in [4.78, 5) is 2.74. The highest BCUT2D eigenvalue weighted by Crippen LogP contribution is 2.25. The molecule has 1 aliphatic rings. The summed E-state index contributed by atoms with van der Waals surface area (Å²) >= 11 is 0. The molecule has 1 aliphatic heterocycles. The summed E-state index contributed by atoms with van der Waals surface area (Å²) in [7, 11) is -3.25. The average Bonchev–Trinajstić information content (AvgIpc) is 3.10. The minimum atomic E-state index is -3.25. The normalized spacial score (nSPS) is 19.5. The Morgan fingerprint density at radius 3 is 2.88 bits per heavy atom. The molecule has 6 heteroatoms. The maximum atomic E-state index is 12.7. The predicted molar refractivity (Wildman–Crippen MR) is 95.0 cm³/mol. The molecule has 1 aromatic heterocycles. The summed E-state index contributed by atoms with van der Waals surface area (Å²) in [6.45, 7) is 6.23. The summed E-state index contributed by atoms with van der Waals surface area (Å²) < 4.78 is 25.4. The lowest BCUT2D eigenvalue weighted by Gasteiger charge is -2.32. The van der Waals surface area contributed by atoms with E-state index in [1.165, 1.54) is 0 Å². The zero-order valence-electron chi connectivity index (χ0n) is 14.3. The lowest BCUT2D eigenvalue weighted by Crippen LogP contribution is -2.37. The molecule has 1 N–H and O–H groups in total. The average molecular weight is 347 g/mol. The fourth-order valence-electron chi connectivity index (χ4n) is 3.41. The number of hydrogen-bond acceptors (Lipinski definition) is 4. The summed E-state index contributed by atoms with van der Waals surface area (Å²) in [5, 5.41) is 7.07. The number of nitrogens with one attached hydrogen (secondary N) is 1. The van der Waals surface area contributed by atoms with E-state index in [9.17, 15) is 8.42 Å². The molecular formula is C18H25N3O2S. The zero-order valence-corrected chi connectivity index (χ0v) is 15.1. The maximum absolute atomic E-state index is 12.7. The Bertz CT molecular complexity index is 785. The topological polar surface area (TPSA) is 66.1 Å². The van der Waals surface area contributed by atoms with Crippen LogP contribution in [0.3, 0.4) is 0 Å². The molecule has 130 valence electrons. The van der Waals surface area contributed by atoms with E-state index in [1.54, 1.807) is 12.3 Å². The third-order valence-electron chi connectivity index (χ3n) is 4.82. The van der Waals surface area contributed by atoms with Gasteiger partial charge in [0.1, 0.15) is 0 Å². The SMILES string of the molecule is Cc1ccc(C)c(S(=O)(=O)CCN2CCCC(c3ccn[nH]3)C2)c1. The van der Waals surface area contributed by atoms with Gasteiger partial charge >= 0.3 is 0 Å². The van der Waals surface area contributed by atoms with E-state index in [0.29, 0.717) is 17.4 Å². The minimum Gasteiger partial charge on any atom is -0.302 e. The summed E-state index contributed by atoms with van der Waals surface area (Å²) in [6.07, 6.45) is 3.99. The molecule has 0 saturated carbocycles. The molecule has 1 saturated heterocycles. The van der Waals surface area contributed by atoms with Crippen molar-refractivity contribution in [2.75, 3.05) is 25.4 Å². The van der Waals surface area contributed by atoms with Crippen LogP contribution in [-0.4, -0.2) is 48.9 Å². The second-order valence-electron chi connectivity index (χ2n) is 6.74. The van der Waals surface area contributed by atoms with Gasteiger partial charge in [0.2, 0.25) is 0 Å². The van der Waals surface area contributed by atoms with Gasteiger partial charge in [-0.05, 0) is 56.5 Å². The number of H-pyrrole nitrogens is 1. The Hall–Kier alpha value is -1.66. The van der Waals surface area contributed by atoms with Crippen LogP contribution in [0.2, 0.25) is 0 Å². The van der Waals surface area contributed by atoms with Crippen molar-refractivity contribution in [1.82, 2.24) is 15.1 Å². The van der Waals surface area contributed by atoms with Crippen molar-refractivity contribution in [2.45, 2.75) is 37.5 Å². The highest BCUT2D eigenvalue weighted by Gasteiger charge is 2.24. The van der Waals surface area contributed by atoms with Gasteiger partial charge in [0.05, 0.1) is 10.6 Å². The van der Waals surface area contributed by atoms with Crippen molar-refractivity contribution in [3.63, 3.8) is 0 Å². The van der Waals surface area contributed by atoms with Crippen molar-refractivity contribution in [3.05, 3.63) is 47.3 Å². The highest BCUT2D eigenvalue weighted by molar-refractivity contribution is 7.91. The van der Waals surface area contributed by atoms with Crippen molar-refractivity contribution < 1.29 is 8.42 Å².